The molecule has 0 radical (unpaired) electrons. The third kappa shape index (κ3) is 2.84. The fourth-order valence-corrected chi connectivity index (χ4v) is 4.38. The van der Waals surface area contributed by atoms with Crippen LogP contribution in [0.5, 0.6) is 0 Å². The van der Waals surface area contributed by atoms with Crippen LogP contribution in [0.2, 0.25) is 0 Å². The molecule has 1 amide bonds. The van der Waals surface area contributed by atoms with Crippen molar-refractivity contribution in [2.24, 2.45) is 0 Å². The predicted octanol–water partition coefficient (Wildman–Crippen LogP) is 3.32. The lowest BCUT2D eigenvalue weighted by Crippen LogP contribution is -2.47. The van der Waals surface area contributed by atoms with Crippen LogP contribution in [0.1, 0.15) is 43.9 Å². The number of hydrogen-bond donors (Lipinski definition) is 1. The van der Waals surface area contributed by atoms with E-state index < -0.39 is 0 Å². The summed E-state index contributed by atoms with van der Waals surface area (Å²) in [4.78, 5) is 20.9. The smallest absolute Gasteiger partial charge is 0.237 e. The minimum absolute atomic E-state index is 0.297. The Morgan fingerprint density at radius 1 is 1.25 bits per heavy atom. The van der Waals surface area contributed by atoms with Crippen LogP contribution in [0.25, 0.3) is 10.9 Å². The average molecular weight is 325 g/mol. The monoisotopic (exact) mass is 325 g/mol. The molecule has 4 heteroatoms. The van der Waals surface area contributed by atoms with Crippen molar-refractivity contribution in [3.05, 3.63) is 35.5 Å². The molecule has 2 aromatic rings. The molecule has 2 aliphatic rings. The van der Waals surface area contributed by atoms with Gasteiger partial charge in [0.25, 0.3) is 0 Å². The van der Waals surface area contributed by atoms with Gasteiger partial charge in [0.05, 0.1) is 6.54 Å². The van der Waals surface area contributed by atoms with E-state index in [9.17, 15) is 4.79 Å². The minimum atomic E-state index is 0.297. The number of nitrogens with zero attached hydrogens (tertiary/aromatic N) is 2. The summed E-state index contributed by atoms with van der Waals surface area (Å²) in [7, 11) is 0. The average Bonchev–Trinajstić information content (AvgIpc) is 3.00. The van der Waals surface area contributed by atoms with Crippen molar-refractivity contribution in [2.45, 2.75) is 51.6 Å². The zero-order chi connectivity index (χ0) is 16.5. The summed E-state index contributed by atoms with van der Waals surface area (Å²) in [5.41, 5.74) is 3.82. The zero-order valence-electron chi connectivity index (χ0n) is 14.6. The molecule has 0 aliphatic carbocycles. The summed E-state index contributed by atoms with van der Waals surface area (Å²) in [5.74, 6) is 0.297. The first kappa shape index (κ1) is 15.7. The first-order valence-electron chi connectivity index (χ1n) is 9.36. The van der Waals surface area contributed by atoms with E-state index in [1.165, 1.54) is 41.4 Å². The summed E-state index contributed by atoms with van der Waals surface area (Å²) in [6.45, 7) is 5.51. The molecule has 128 valence electrons. The summed E-state index contributed by atoms with van der Waals surface area (Å²) < 4.78 is 0. The topological polar surface area (TPSA) is 39.3 Å². The molecule has 24 heavy (non-hydrogen) atoms. The van der Waals surface area contributed by atoms with E-state index in [0.29, 0.717) is 18.5 Å². The Hall–Kier alpha value is -1.81. The van der Waals surface area contributed by atoms with Gasteiger partial charge in [-0.1, -0.05) is 31.5 Å². The number of aromatic nitrogens is 1. The molecule has 2 aliphatic heterocycles. The molecule has 1 aromatic heterocycles. The Balaban J connectivity index is 1.48. The van der Waals surface area contributed by atoms with E-state index in [-0.39, 0.29) is 0 Å². The molecule has 3 heterocycles. The van der Waals surface area contributed by atoms with Crippen molar-refractivity contribution in [3.63, 3.8) is 0 Å². The lowest BCUT2D eigenvalue weighted by molar-refractivity contribution is -0.134. The Kier molecular flexibility index (Phi) is 4.31. The van der Waals surface area contributed by atoms with Crippen LogP contribution in [-0.4, -0.2) is 46.4 Å². The Labute approximate surface area is 143 Å². The van der Waals surface area contributed by atoms with Crippen molar-refractivity contribution >= 4 is 16.8 Å². The highest BCUT2D eigenvalue weighted by atomic mass is 16.2. The number of rotatable bonds is 3. The number of para-hydroxylation sites is 1. The number of hydrogen-bond acceptors (Lipinski definition) is 2. The second-order valence-electron chi connectivity index (χ2n) is 7.22. The fraction of sp³-hybridized carbons (Fsp3) is 0.550. The van der Waals surface area contributed by atoms with Crippen molar-refractivity contribution in [3.8, 4) is 0 Å². The largest absolute Gasteiger partial charge is 0.358 e. The lowest BCUT2D eigenvalue weighted by Gasteiger charge is -2.36. The summed E-state index contributed by atoms with van der Waals surface area (Å²) in [6, 6.07) is 9.03. The second kappa shape index (κ2) is 6.60. The molecule has 0 saturated carbocycles. The van der Waals surface area contributed by atoms with Gasteiger partial charge in [0.15, 0.2) is 0 Å². The normalized spacial score (nSPS) is 21.9. The molecular formula is C20H27N3O. The summed E-state index contributed by atoms with van der Waals surface area (Å²) in [5, 5.41) is 1.27. The standard InChI is InChI=1S/C20H27N3O/c1-2-15-7-5-6-11-22(15)14-20(24)23-12-10-19-17(13-23)16-8-3-4-9-18(16)21-19/h3-4,8-9,15,21H,2,5-7,10-14H2,1H3/t15-/m0/s1. The minimum Gasteiger partial charge on any atom is -0.358 e. The maximum Gasteiger partial charge on any atom is 0.237 e. The van der Waals surface area contributed by atoms with Crippen molar-refractivity contribution in [1.29, 1.82) is 0 Å². The molecule has 0 bridgehead atoms. The highest BCUT2D eigenvalue weighted by molar-refractivity contribution is 5.86. The van der Waals surface area contributed by atoms with Gasteiger partial charge in [-0.3, -0.25) is 9.69 Å². The molecule has 0 unspecified atom stereocenters. The molecule has 1 saturated heterocycles. The molecule has 1 atom stereocenters. The number of amides is 1. The summed E-state index contributed by atoms with van der Waals surface area (Å²) >= 11 is 0. The lowest BCUT2D eigenvalue weighted by atomic mass is 10.00. The quantitative estimate of drug-likeness (QED) is 0.940. The number of benzene rings is 1. The number of piperidine rings is 1. The first-order chi connectivity index (χ1) is 11.8. The van der Waals surface area contributed by atoms with Gasteiger partial charge in [-0.25, -0.2) is 0 Å². The molecule has 1 aromatic carbocycles. The SMILES string of the molecule is CC[C@H]1CCCCN1CC(=O)N1CCc2[nH]c3ccccc3c2C1. The zero-order valence-corrected chi connectivity index (χ0v) is 14.6. The van der Waals surface area contributed by atoms with Crippen LogP contribution >= 0.6 is 0 Å². The van der Waals surface area contributed by atoms with Crippen LogP contribution in [0.3, 0.4) is 0 Å². The van der Waals surface area contributed by atoms with Gasteiger partial charge in [-0.15, -0.1) is 0 Å². The number of H-pyrrole nitrogens is 1. The molecule has 4 rings (SSSR count). The van der Waals surface area contributed by atoms with E-state index in [4.69, 9.17) is 0 Å². The van der Waals surface area contributed by atoms with Crippen molar-refractivity contribution in [1.82, 2.24) is 14.8 Å². The maximum atomic E-state index is 12.9. The number of carbonyl (C=O) groups excluding carboxylic acids is 1. The van der Waals surface area contributed by atoms with Gasteiger partial charge in [-0.2, -0.15) is 0 Å². The van der Waals surface area contributed by atoms with Gasteiger partial charge in [0, 0.05) is 47.7 Å². The van der Waals surface area contributed by atoms with E-state index >= 15 is 0 Å². The van der Waals surface area contributed by atoms with Crippen LogP contribution in [0, 0.1) is 0 Å². The predicted molar refractivity (Wildman–Crippen MR) is 96.9 cm³/mol. The van der Waals surface area contributed by atoms with Gasteiger partial charge < -0.3 is 9.88 Å². The van der Waals surface area contributed by atoms with E-state index in [2.05, 4.69) is 46.0 Å². The molecule has 0 spiro atoms. The van der Waals surface area contributed by atoms with E-state index in [1.54, 1.807) is 0 Å². The Morgan fingerprint density at radius 2 is 2.12 bits per heavy atom. The van der Waals surface area contributed by atoms with Crippen LogP contribution in [-0.2, 0) is 17.8 Å². The third-order valence-corrected chi connectivity index (χ3v) is 5.79. The van der Waals surface area contributed by atoms with E-state index in [0.717, 1.165) is 32.5 Å². The number of fused-ring (bicyclic) bond motifs is 3. The Bertz CT molecular complexity index is 736. The maximum absolute atomic E-state index is 12.9. The number of likely N-dealkylation sites (tertiary alicyclic amines) is 1. The van der Waals surface area contributed by atoms with Crippen LogP contribution in [0.15, 0.2) is 24.3 Å². The fourth-order valence-electron chi connectivity index (χ4n) is 4.38. The van der Waals surface area contributed by atoms with Crippen LogP contribution in [0.4, 0.5) is 0 Å². The van der Waals surface area contributed by atoms with Gasteiger partial charge >= 0.3 is 0 Å². The van der Waals surface area contributed by atoms with Crippen molar-refractivity contribution < 1.29 is 4.79 Å². The van der Waals surface area contributed by atoms with Gasteiger partial charge in [-0.05, 0) is 31.9 Å². The molecular weight excluding hydrogens is 298 g/mol. The number of nitrogens with one attached hydrogen (secondary N) is 1. The second-order valence-corrected chi connectivity index (χ2v) is 7.22. The number of carbonyl (C=O) groups is 1. The van der Waals surface area contributed by atoms with E-state index in [1.807, 2.05) is 0 Å². The molecule has 4 nitrogen and oxygen atoms in total. The van der Waals surface area contributed by atoms with Gasteiger partial charge in [0.2, 0.25) is 5.91 Å². The van der Waals surface area contributed by atoms with Gasteiger partial charge in [0.1, 0.15) is 0 Å². The third-order valence-electron chi connectivity index (χ3n) is 5.79. The van der Waals surface area contributed by atoms with Crippen LogP contribution < -0.4 is 0 Å². The first-order valence-corrected chi connectivity index (χ1v) is 9.36. The highest BCUT2D eigenvalue weighted by Gasteiger charge is 2.28. The summed E-state index contributed by atoms with van der Waals surface area (Å²) in [6.07, 6.45) is 5.88. The molecule has 1 N–H and O–H groups in total. The molecule has 1 fully saturated rings. The van der Waals surface area contributed by atoms with Crippen molar-refractivity contribution in [2.75, 3.05) is 19.6 Å². The Morgan fingerprint density at radius 3 is 3.00 bits per heavy atom. The highest BCUT2D eigenvalue weighted by Crippen LogP contribution is 2.28. The number of aromatic amines is 1.